The number of hydrogen-bond donors (Lipinski definition) is 0. The summed E-state index contributed by atoms with van der Waals surface area (Å²) in [5, 5.41) is 21.9. The van der Waals surface area contributed by atoms with Gasteiger partial charge in [-0.05, 0) is 12.1 Å². The van der Waals surface area contributed by atoms with E-state index in [0.29, 0.717) is 11.1 Å². The monoisotopic (exact) mass is 350 g/mol. The fraction of sp³-hybridized carbons (Fsp3) is 0.200. The van der Waals surface area contributed by atoms with Gasteiger partial charge in [0.2, 0.25) is 0 Å². The third-order valence-corrected chi connectivity index (χ3v) is 6.30. The number of non-ortho nitro benzene ring substituents is 2. The van der Waals surface area contributed by atoms with Gasteiger partial charge < -0.3 is 9.30 Å². The minimum Gasteiger partial charge on any atom is -0.486 e. The normalized spacial score (nSPS) is 13.0. The molecule has 0 radical (unpaired) electrons. The first kappa shape index (κ1) is 17.6. The summed E-state index contributed by atoms with van der Waals surface area (Å²) in [7, 11) is -2.98. The van der Waals surface area contributed by atoms with Gasteiger partial charge in [-0.1, -0.05) is 19.1 Å². The Bertz CT molecular complexity index is 806. The smallest absolute Gasteiger partial charge is 0.270 e. The van der Waals surface area contributed by atoms with E-state index in [1.807, 2.05) is 0 Å². The SMILES string of the molecule is CCP(=O)(COc1ccc([N+](=O)[O-])cc1)c1cccc([N+](=O)[O-])c1. The van der Waals surface area contributed by atoms with Crippen LogP contribution in [0.3, 0.4) is 0 Å². The molecule has 126 valence electrons. The lowest BCUT2D eigenvalue weighted by atomic mass is 10.3. The van der Waals surface area contributed by atoms with Crippen molar-refractivity contribution in [1.29, 1.82) is 0 Å². The van der Waals surface area contributed by atoms with Gasteiger partial charge >= 0.3 is 0 Å². The summed E-state index contributed by atoms with van der Waals surface area (Å²) < 4.78 is 18.5. The van der Waals surface area contributed by atoms with E-state index in [-0.39, 0.29) is 23.9 Å². The summed E-state index contributed by atoms with van der Waals surface area (Å²) in [6, 6.07) is 11.1. The molecule has 2 aromatic carbocycles. The van der Waals surface area contributed by atoms with Gasteiger partial charge in [-0.2, -0.15) is 0 Å². The van der Waals surface area contributed by atoms with Crippen molar-refractivity contribution in [2.45, 2.75) is 6.92 Å². The Kier molecular flexibility index (Phi) is 5.31. The fourth-order valence-electron chi connectivity index (χ4n) is 2.05. The lowest BCUT2D eigenvalue weighted by Gasteiger charge is -2.17. The highest BCUT2D eigenvalue weighted by molar-refractivity contribution is 7.71. The van der Waals surface area contributed by atoms with Gasteiger partial charge in [0.25, 0.3) is 11.4 Å². The Hall–Kier alpha value is -2.73. The molecular formula is C15H15N2O6P. The van der Waals surface area contributed by atoms with E-state index in [9.17, 15) is 24.8 Å². The van der Waals surface area contributed by atoms with Crippen LogP contribution in [-0.4, -0.2) is 22.4 Å². The topological polar surface area (TPSA) is 113 Å². The predicted molar refractivity (Wildman–Crippen MR) is 89.5 cm³/mol. The van der Waals surface area contributed by atoms with Crippen molar-refractivity contribution in [2.24, 2.45) is 0 Å². The highest BCUT2D eigenvalue weighted by Crippen LogP contribution is 2.44. The molecule has 0 aromatic heterocycles. The van der Waals surface area contributed by atoms with Crippen molar-refractivity contribution < 1.29 is 19.1 Å². The molecule has 0 heterocycles. The molecule has 2 rings (SSSR count). The molecule has 0 spiro atoms. The van der Waals surface area contributed by atoms with Crippen LogP contribution in [0.2, 0.25) is 0 Å². The van der Waals surface area contributed by atoms with E-state index < -0.39 is 17.0 Å². The first-order chi connectivity index (χ1) is 11.4. The highest BCUT2D eigenvalue weighted by atomic mass is 31.2. The lowest BCUT2D eigenvalue weighted by Crippen LogP contribution is -2.13. The fourth-order valence-corrected chi connectivity index (χ4v) is 3.83. The zero-order valence-corrected chi connectivity index (χ0v) is 13.7. The van der Waals surface area contributed by atoms with Gasteiger partial charge in [0.15, 0.2) is 7.14 Å². The molecule has 9 heteroatoms. The van der Waals surface area contributed by atoms with Crippen LogP contribution in [0.4, 0.5) is 11.4 Å². The van der Waals surface area contributed by atoms with Crippen molar-refractivity contribution in [1.82, 2.24) is 0 Å². The van der Waals surface area contributed by atoms with E-state index in [1.165, 1.54) is 42.5 Å². The number of nitro benzene ring substituents is 2. The van der Waals surface area contributed by atoms with Gasteiger partial charge in [0.1, 0.15) is 12.1 Å². The third kappa shape index (κ3) is 3.97. The van der Waals surface area contributed by atoms with Crippen molar-refractivity contribution in [2.75, 3.05) is 12.5 Å². The average Bonchev–Trinajstić information content (AvgIpc) is 2.60. The number of hydrogen-bond acceptors (Lipinski definition) is 6. The summed E-state index contributed by atoms with van der Waals surface area (Å²) in [5.74, 6) is 0.347. The van der Waals surface area contributed by atoms with Crippen molar-refractivity contribution >= 4 is 23.8 Å². The van der Waals surface area contributed by atoms with Crippen LogP contribution in [0.15, 0.2) is 48.5 Å². The molecule has 0 amide bonds. The number of rotatable bonds is 7. The number of ether oxygens (including phenoxy) is 1. The van der Waals surface area contributed by atoms with Gasteiger partial charge in [-0.3, -0.25) is 20.2 Å². The molecule has 2 aromatic rings. The van der Waals surface area contributed by atoms with E-state index in [1.54, 1.807) is 13.0 Å². The second kappa shape index (κ2) is 7.23. The molecule has 24 heavy (non-hydrogen) atoms. The first-order valence-corrected chi connectivity index (χ1v) is 9.14. The molecule has 0 aliphatic heterocycles. The Labute approximate surface area is 137 Å². The Morgan fingerprint density at radius 1 is 1.00 bits per heavy atom. The molecule has 8 nitrogen and oxygen atoms in total. The summed E-state index contributed by atoms with van der Waals surface area (Å²) in [5.41, 5.74) is -0.198. The second-order valence-corrected chi connectivity index (χ2v) is 8.19. The molecular weight excluding hydrogens is 335 g/mol. The maximum Gasteiger partial charge on any atom is 0.270 e. The molecule has 1 unspecified atom stereocenters. The molecule has 0 N–H and O–H groups in total. The second-order valence-electron chi connectivity index (χ2n) is 5.01. The van der Waals surface area contributed by atoms with E-state index in [0.717, 1.165) is 0 Å². The minimum absolute atomic E-state index is 0.0697. The van der Waals surface area contributed by atoms with Crippen LogP contribution in [0.25, 0.3) is 0 Å². The minimum atomic E-state index is -2.98. The van der Waals surface area contributed by atoms with Crippen LogP contribution in [0.1, 0.15) is 6.92 Å². The molecule has 0 aliphatic carbocycles. The molecule has 0 saturated carbocycles. The highest BCUT2D eigenvalue weighted by Gasteiger charge is 2.25. The Morgan fingerprint density at radius 3 is 2.17 bits per heavy atom. The molecule has 0 fully saturated rings. The standard InChI is InChI=1S/C15H15N2O6P/c1-2-24(22,15-5-3-4-13(10-15)17(20)21)11-23-14-8-6-12(7-9-14)16(18)19/h3-10H,2,11H2,1H3. The van der Waals surface area contributed by atoms with Gasteiger partial charge in [0.05, 0.1) is 9.85 Å². The summed E-state index contributed by atoms with van der Waals surface area (Å²) >= 11 is 0. The Morgan fingerprint density at radius 2 is 1.62 bits per heavy atom. The summed E-state index contributed by atoms with van der Waals surface area (Å²) in [6.07, 6.45) is 0.142. The Balaban J connectivity index is 2.18. The van der Waals surface area contributed by atoms with Crippen LogP contribution < -0.4 is 10.0 Å². The van der Waals surface area contributed by atoms with Gasteiger partial charge in [0, 0.05) is 35.7 Å². The number of benzene rings is 2. The first-order valence-electron chi connectivity index (χ1n) is 7.06. The summed E-state index contributed by atoms with van der Waals surface area (Å²) in [6.45, 7) is 1.72. The van der Waals surface area contributed by atoms with E-state index >= 15 is 0 Å². The predicted octanol–water partition coefficient (Wildman–Crippen LogP) is 3.55. The largest absolute Gasteiger partial charge is 0.486 e. The average molecular weight is 350 g/mol. The van der Waals surface area contributed by atoms with E-state index in [2.05, 4.69) is 0 Å². The third-order valence-electron chi connectivity index (χ3n) is 3.51. The van der Waals surface area contributed by atoms with Crippen molar-refractivity contribution in [3.05, 3.63) is 68.8 Å². The number of nitro groups is 2. The van der Waals surface area contributed by atoms with E-state index in [4.69, 9.17) is 4.74 Å². The molecule has 1 atom stereocenters. The maximum absolute atomic E-state index is 13.1. The van der Waals surface area contributed by atoms with Crippen LogP contribution >= 0.6 is 7.14 Å². The van der Waals surface area contributed by atoms with Gasteiger partial charge in [-0.25, -0.2) is 0 Å². The zero-order valence-electron chi connectivity index (χ0n) is 12.8. The van der Waals surface area contributed by atoms with Crippen LogP contribution in [-0.2, 0) is 4.57 Å². The van der Waals surface area contributed by atoms with Gasteiger partial charge in [-0.15, -0.1) is 0 Å². The maximum atomic E-state index is 13.1. The molecule has 0 aliphatic rings. The van der Waals surface area contributed by atoms with Crippen molar-refractivity contribution in [3.8, 4) is 5.75 Å². The number of nitrogens with zero attached hydrogens (tertiary/aromatic N) is 2. The molecule has 0 saturated heterocycles. The zero-order chi connectivity index (χ0) is 17.7. The van der Waals surface area contributed by atoms with Crippen molar-refractivity contribution in [3.63, 3.8) is 0 Å². The van der Waals surface area contributed by atoms with Crippen LogP contribution in [0, 0.1) is 20.2 Å². The lowest BCUT2D eigenvalue weighted by molar-refractivity contribution is -0.385. The summed E-state index contributed by atoms with van der Waals surface area (Å²) in [4.78, 5) is 20.4. The van der Waals surface area contributed by atoms with Crippen LogP contribution in [0.5, 0.6) is 5.75 Å². The molecule has 0 bridgehead atoms. The quantitative estimate of drug-likeness (QED) is 0.429.